The minimum absolute atomic E-state index is 0.343. The molecular formula is C17H14F3NOS. The number of nitrogens with zero attached hydrogens (tertiary/aromatic N) is 1. The minimum atomic E-state index is -4.36. The third kappa shape index (κ3) is 3.22. The maximum Gasteiger partial charge on any atom is 0.416 e. The number of halogens is 3. The summed E-state index contributed by atoms with van der Waals surface area (Å²) < 4.78 is 44.4. The number of oxazole rings is 1. The summed E-state index contributed by atoms with van der Waals surface area (Å²) in [5, 5.41) is 0. The third-order valence-corrected chi connectivity index (χ3v) is 4.32. The molecule has 0 aliphatic rings. The number of benzene rings is 2. The number of aromatic nitrogens is 1. The average molecular weight is 337 g/mol. The Morgan fingerprint density at radius 3 is 2.61 bits per heavy atom. The van der Waals surface area contributed by atoms with Crippen molar-refractivity contribution < 1.29 is 17.6 Å². The highest BCUT2D eigenvalue weighted by Gasteiger charge is 2.31. The van der Waals surface area contributed by atoms with Crippen molar-refractivity contribution in [3.63, 3.8) is 0 Å². The summed E-state index contributed by atoms with van der Waals surface area (Å²) in [5.74, 6) is 1.00. The van der Waals surface area contributed by atoms with Crippen molar-refractivity contribution in [1.82, 2.24) is 4.98 Å². The number of rotatable bonds is 3. The van der Waals surface area contributed by atoms with Gasteiger partial charge >= 0.3 is 6.18 Å². The number of hydrogen-bond acceptors (Lipinski definition) is 3. The van der Waals surface area contributed by atoms with Crippen LogP contribution in [0.3, 0.4) is 0 Å². The molecule has 0 aliphatic carbocycles. The van der Waals surface area contributed by atoms with E-state index in [9.17, 15) is 13.2 Å². The Labute approximate surface area is 135 Å². The summed E-state index contributed by atoms with van der Waals surface area (Å²) in [5.41, 5.74) is 2.29. The molecule has 0 aliphatic heterocycles. The fraction of sp³-hybridized carbons (Fsp3) is 0.235. The van der Waals surface area contributed by atoms with Crippen molar-refractivity contribution in [3.05, 3.63) is 47.5 Å². The fourth-order valence-corrected chi connectivity index (χ4v) is 3.14. The van der Waals surface area contributed by atoms with E-state index in [4.69, 9.17) is 4.42 Å². The van der Waals surface area contributed by atoms with Crippen LogP contribution in [-0.4, -0.2) is 10.7 Å². The summed E-state index contributed by atoms with van der Waals surface area (Å²) in [6.45, 7) is 3.84. The molecule has 2 aromatic carbocycles. The van der Waals surface area contributed by atoms with Gasteiger partial charge in [0.25, 0.3) is 0 Å². The predicted molar refractivity (Wildman–Crippen MR) is 85.6 cm³/mol. The molecule has 0 N–H and O–H groups in total. The molecule has 0 amide bonds. The largest absolute Gasteiger partial charge is 0.436 e. The van der Waals surface area contributed by atoms with E-state index in [1.807, 2.05) is 32.0 Å². The van der Waals surface area contributed by atoms with Gasteiger partial charge in [0.05, 0.1) is 11.1 Å². The lowest BCUT2D eigenvalue weighted by molar-refractivity contribution is -0.137. The van der Waals surface area contributed by atoms with E-state index < -0.39 is 11.7 Å². The summed E-state index contributed by atoms with van der Waals surface area (Å²) in [4.78, 5) is 4.94. The Morgan fingerprint density at radius 2 is 1.91 bits per heavy atom. The number of fused-ring (bicyclic) bond motifs is 1. The van der Waals surface area contributed by atoms with E-state index >= 15 is 0 Å². The van der Waals surface area contributed by atoms with Gasteiger partial charge in [0.15, 0.2) is 5.58 Å². The summed E-state index contributed by atoms with van der Waals surface area (Å²) in [6.07, 6.45) is -4.36. The Bertz CT molecular complexity index is 855. The molecule has 3 rings (SSSR count). The molecule has 0 unspecified atom stereocenters. The summed E-state index contributed by atoms with van der Waals surface area (Å²) in [7, 11) is 0. The zero-order valence-corrected chi connectivity index (χ0v) is 13.4. The van der Waals surface area contributed by atoms with Crippen LogP contribution in [0.4, 0.5) is 13.2 Å². The van der Waals surface area contributed by atoms with Gasteiger partial charge < -0.3 is 4.42 Å². The van der Waals surface area contributed by atoms with Crippen LogP contribution in [0.5, 0.6) is 0 Å². The van der Waals surface area contributed by atoms with Crippen LogP contribution < -0.4 is 0 Å². The molecule has 1 aromatic heterocycles. The van der Waals surface area contributed by atoms with Crippen LogP contribution in [0.15, 0.2) is 45.7 Å². The quantitative estimate of drug-likeness (QED) is 0.554. The van der Waals surface area contributed by atoms with Crippen LogP contribution in [-0.2, 0) is 6.18 Å². The van der Waals surface area contributed by atoms with Gasteiger partial charge in [0.2, 0.25) is 5.89 Å². The minimum Gasteiger partial charge on any atom is -0.436 e. The molecule has 0 spiro atoms. The Kier molecular flexibility index (Phi) is 4.10. The molecule has 6 heteroatoms. The molecule has 23 heavy (non-hydrogen) atoms. The lowest BCUT2D eigenvalue weighted by atomic mass is 10.1. The van der Waals surface area contributed by atoms with Crippen molar-refractivity contribution in [2.45, 2.75) is 24.9 Å². The highest BCUT2D eigenvalue weighted by molar-refractivity contribution is 7.99. The maximum atomic E-state index is 12.9. The van der Waals surface area contributed by atoms with Crippen molar-refractivity contribution in [1.29, 1.82) is 0 Å². The predicted octanol–water partition coefficient (Wildman–Crippen LogP) is 5.93. The van der Waals surface area contributed by atoms with E-state index in [0.29, 0.717) is 33.2 Å². The summed E-state index contributed by atoms with van der Waals surface area (Å²) >= 11 is 1.34. The Morgan fingerprint density at radius 1 is 1.13 bits per heavy atom. The molecule has 0 bridgehead atoms. The van der Waals surface area contributed by atoms with Gasteiger partial charge in [-0.05, 0) is 48.6 Å². The molecule has 120 valence electrons. The van der Waals surface area contributed by atoms with Crippen LogP contribution in [0.2, 0.25) is 0 Å². The first-order valence-electron chi connectivity index (χ1n) is 7.10. The van der Waals surface area contributed by atoms with Crippen molar-refractivity contribution in [2.24, 2.45) is 0 Å². The second-order valence-corrected chi connectivity index (χ2v) is 6.44. The van der Waals surface area contributed by atoms with Gasteiger partial charge in [0.1, 0.15) is 5.52 Å². The smallest absolute Gasteiger partial charge is 0.416 e. The zero-order valence-electron chi connectivity index (χ0n) is 12.6. The molecule has 0 saturated heterocycles. The first-order valence-corrected chi connectivity index (χ1v) is 8.08. The number of thioether (sulfide) groups is 1. The van der Waals surface area contributed by atoms with E-state index in [1.54, 1.807) is 0 Å². The van der Waals surface area contributed by atoms with Crippen LogP contribution in [0.1, 0.15) is 18.1 Å². The van der Waals surface area contributed by atoms with Gasteiger partial charge in [0, 0.05) is 4.90 Å². The topological polar surface area (TPSA) is 26.0 Å². The lowest BCUT2D eigenvalue weighted by Crippen LogP contribution is -2.05. The van der Waals surface area contributed by atoms with Crippen LogP contribution >= 0.6 is 11.8 Å². The monoisotopic (exact) mass is 337 g/mol. The van der Waals surface area contributed by atoms with Gasteiger partial charge in [-0.25, -0.2) is 4.98 Å². The SMILES string of the molecule is CCSc1cc(C(F)(F)F)ccc1-c1nc2cc(C)ccc2o1. The van der Waals surface area contributed by atoms with Crippen LogP contribution in [0, 0.1) is 6.92 Å². The van der Waals surface area contributed by atoms with Crippen molar-refractivity contribution in [3.8, 4) is 11.5 Å². The number of aryl methyl sites for hydroxylation is 1. The first-order chi connectivity index (χ1) is 10.9. The normalized spacial score (nSPS) is 12.0. The number of hydrogen-bond donors (Lipinski definition) is 0. The Hall–Kier alpha value is -1.95. The second kappa shape index (κ2) is 5.92. The fourth-order valence-electron chi connectivity index (χ4n) is 2.30. The molecular weight excluding hydrogens is 323 g/mol. The molecule has 0 atom stereocenters. The molecule has 0 saturated carbocycles. The molecule has 0 radical (unpaired) electrons. The summed E-state index contributed by atoms with van der Waals surface area (Å²) in [6, 6.07) is 9.26. The molecule has 3 aromatic rings. The van der Waals surface area contributed by atoms with E-state index in [-0.39, 0.29) is 0 Å². The lowest BCUT2D eigenvalue weighted by Gasteiger charge is -2.11. The van der Waals surface area contributed by atoms with Crippen molar-refractivity contribution >= 4 is 22.9 Å². The number of alkyl halides is 3. The van der Waals surface area contributed by atoms with E-state index in [0.717, 1.165) is 17.7 Å². The van der Waals surface area contributed by atoms with Gasteiger partial charge in [-0.15, -0.1) is 11.8 Å². The molecule has 1 heterocycles. The average Bonchev–Trinajstić information content (AvgIpc) is 2.89. The zero-order chi connectivity index (χ0) is 16.6. The highest BCUT2D eigenvalue weighted by Crippen LogP contribution is 2.38. The van der Waals surface area contributed by atoms with Crippen molar-refractivity contribution in [2.75, 3.05) is 5.75 Å². The standard InChI is InChI=1S/C17H14F3NOS/c1-3-23-15-9-11(17(18,19)20)5-6-12(15)16-21-13-8-10(2)4-7-14(13)22-16/h4-9H,3H2,1-2H3. The molecule has 0 fully saturated rings. The second-order valence-electron chi connectivity index (χ2n) is 5.13. The first kappa shape index (κ1) is 15.9. The van der Waals surface area contributed by atoms with Gasteiger partial charge in [-0.3, -0.25) is 0 Å². The van der Waals surface area contributed by atoms with E-state index in [2.05, 4.69) is 4.98 Å². The van der Waals surface area contributed by atoms with Gasteiger partial charge in [-0.2, -0.15) is 13.2 Å². The Balaban J connectivity index is 2.12. The molecule has 2 nitrogen and oxygen atoms in total. The maximum absolute atomic E-state index is 12.9. The van der Waals surface area contributed by atoms with Crippen LogP contribution in [0.25, 0.3) is 22.6 Å². The van der Waals surface area contributed by atoms with Gasteiger partial charge in [-0.1, -0.05) is 13.0 Å². The highest BCUT2D eigenvalue weighted by atomic mass is 32.2. The third-order valence-electron chi connectivity index (χ3n) is 3.38. The van der Waals surface area contributed by atoms with E-state index in [1.165, 1.54) is 17.8 Å².